The van der Waals surface area contributed by atoms with Crippen molar-refractivity contribution in [3.05, 3.63) is 59.6 Å². The molecular formula is C18H19FN4O. The van der Waals surface area contributed by atoms with Gasteiger partial charge in [0.15, 0.2) is 0 Å². The number of nitrogens with one attached hydrogen (secondary N) is 1. The Morgan fingerprint density at radius 3 is 2.88 bits per heavy atom. The minimum Gasteiger partial charge on any atom is -0.460 e. The van der Waals surface area contributed by atoms with Gasteiger partial charge in [-0.3, -0.25) is 0 Å². The van der Waals surface area contributed by atoms with Gasteiger partial charge in [-0.15, -0.1) is 10.2 Å². The Morgan fingerprint density at radius 1 is 1.21 bits per heavy atom. The molecule has 24 heavy (non-hydrogen) atoms. The quantitative estimate of drug-likeness (QED) is 0.800. The molecule has 124 valence electrons. The lowest BCUT2D eigenvalue weighted by Gasteiger charge is -2.24. The van der Waals surface area contributed by atoms with Gasteiger partial charge in [-0.25, -0.2) is 4.39 Å². The average molecular weight is 326 g/mol. The number of aryl methyl sites for hydroxylation is 2. The van der Waals surface area contributed by atoms with Crippen LogP contribution in [-0.2, 0) is 19.5 Å². The van der Waals surface area contributed by atoms with Crippen molar-refractivity contribution < 1.29 is 8.81 Å². The third-order valence-electron chi connectivity index (χ3n) is 4.49. The molecule has 1 aliphatic rings. The van der Waals surface area contributed by atoms with E-state index in [0.717, 1.165) is 48.1 Å². The monoisotopic (exact) mass is 326 g/mol. The number of hydrogen-bond acceptors (Lipinski definition) is 4. The number of hydrogen-bond donors (Lipinski definition) is 1. The van der Waals surface area contributed by atoms with Gasteiger partial charge in [-0.1, -0.05) is 0 Å². The molecule has 1 atom stereocenters. The predicted molar refractivity (Wildman–Crippen MR) is 87.8 cm³/mol. The van der Waals surface area contributed by atoms with Crippen LogP contribution in [0, 0.1) is 12.7 Å². The molecule has 0 aliphatic carbocycles. The molecule has 0 saturated carbocycles. The molecule has 0 radical (unpaired) electrons. The summed E-state index contributed by atoms with van der Waals surface area (Å²) >= 11 is 0. The number of nitrogens with zero attached hydrogens (tertiary/aromatic N) is 3. The normalized spacial score (nSPS) is 17.0. The number of aromatic nitrogens is 3. The fourth-order valence-corrected chi connectivity index (χ4v) is 3.12. The molecule has 0 unspecified atom stereocenters. The van der Waals surface area contributed by atoms with Crippen molar-refractivity contribution in [3.63, 3.8) is 0 Å². The smallest absolute Gasteiger partial charge is 0.134 e. The molecule has 0 bridgehead atoms. The average Bonchev–Trinajstić information content (AvgIpc) is 3.21. The first kappa shape index (κ1) is 15.1. The molecule has 6 heteroatoms. The van der Waals surface area contributed by atoms with E-state index in [1.165, 1.54) is 12.1 Å². The van der Waals surface area contributed by atoms with Gasteiger partial charge >= 0.3 is 0 Å². The Morgan fingerprint density at radius 2 is 2.04 bits per heavy atom. The molecule has 1 N–H and O–H groups in total. The number of furan rings is 1. The fraction of sp³-hybridized carbons (Fsp3) is 0.333. The second-order valence-corrected chi connectivity index (χ2v) is 6.16. The standard InChI is InChI=1S/C18H19FN4O/c1-12-21-22-18-9-6-15(11-23(12)18)20-10-16-7-8-17(24-16)13-2-4-14(19)5-3-13/h2-5,7-8,15,20H,6,9-11H2,1H3/t15-/m0/s1. The summed E-state index contributed by atoms with van der Waals surface area (Å²) in [5.74, 6) is 3.43. The predicted octanol–water partition coefficient (Wildman–Crippen LogP) is 3.09. The lowest BCUT2D eigenvalue weighted by atomic mass is 10.1. The molecule has 0 spiro atoms. The van der Waals surface area contributed by atoms with E-state index in [-0.39, 0.29) is 5.82 Å². The maximum atomic E-state index is 13.0. The third kappa shape index (κ3) is 2.97. The molecule has 5 nitrogen and oxygen atoms in total. The summed E-state index contributed by atoms with van der Waals surface area (Å²) in [6.07, 6.45) is 1.99. The number of fused-ring (bicyclic) bond motifs is 1. The Bertz CT molecular complexity index is 837. The van der Waals surface area contributed by atoms with Crippen LogP contribution in [0.2, 0.25) is 0 Å². The molecule has 3 heterocycles. The number of rotatable bonds is 4. The molecule has 3 aromatic rings. The van der Waals surface area contributed by atoms with Crippen LogP contribution >= 0.6 is 0 Å². The summed E-state index contributed by atoms with van der Waals surface area (Å²) in [5.41, 5.74) is 0.880. The molecule has 0 amide bonds. The van der Waals surface area contributed by atoms with Gasteiger partial charge in [0.1, 0.15) is 29.0 Å². The zero-order chi connectivity index (χ0) is 16.5. The van der Waals surface area contributed by atoms with Crippen molar-refractivity contribution in [2.75, 3.05) is 0 Å². The SMILES string of the molecule is Cc1nnc2n1C[C@@H](NCc1ccc(-c3ccc(F)cc3)o1)CC2. The van der Waals surface area contributed by atoms with Crippen molar-refractivity contribution in [2.24, 2.45) is 0 Å². The largest absolute Gasteiger partial charge is 0.460 e. The van der Waals surface area contributed by atoms with Crippen LogP contribution in [0.5, 0.6) is 0 Å². The van der Waals surface area contributed by atoms with Crippen molar-refractivity contribution in [2.45, 2.75) is 38.9 Å². The zero-order valence-electron chi connectivity index (χ0n) is 13.5. The minimum absolute atomic E-state index is 0.242. The third-order valence-corrected chi connectivity index (χ3v) is 4.49. The van der Waals surface area contributed by atoms with E-state index in [0.29, 0.717) is 12.6 Å². The molecule has 4 rings (SSSR count). The van der Waals surface area contributed by atoms with E-state index >= 15 is 0 Å². The highest BCUT2D eigenvalue weighted by atomic mass is 19.1. The van der Waals surface area contributed by atoms with Crippen LogP contribution in [0.4, 0.5) is 4.39 Å². The number of halogens is 1. The number of benzene rings is 1. The molecule has 0 saturated heterocycles. The lowest BCUT2D eigenvalue weighted by molar-refractivity contribution is 0.360. The van der Waals surface area contributed by atoms with Gasteiger partial charge in [-0.2, -0.15) is 0 Å². The van der Waals surface area contributed by atoms with Crippen LogP contribution < -0.4 is 5.32 Å². The second kappa shape index (κ2) is 6.20. The van der Waals surface area contributed by atoms with Crippen LogP contribution in [-0.4, -0.2) is 20.8 Å². The molecule has 2 aromatic heterocycles. The van der Waals surface area contributed by atoms with Gasteiger partial charge in [0.05, 0.1) is 6.54 Å². The first-order valence-electron chi connectivity index (χ1n) is 8.16. The molecular weight excluding hydrogens is 307 g/mol. The molecule has 0 fully saturated rings. The fourth-order valence-electron chi connectivity index (χ4n) is 3.12. The van der Waals surface area contributed by atoms with E-state index < -0.39 is 0 Å². The summed E-state index contributed by atoms with van der Waals surface area (Å²) in [6, 6.07) is 10.6. The van der Waals surface area contributed by atoms with Crippen LogP contribution in [0.3, 0.4) is 0 Å². The van der Waals surface area contributed by atoms with Gasteiger partial charge in [-0.05, 0) is 49.7 Å². The van der Waals surface area contributed by atoms with Crippen LogP contribution in [0.15, 0.2) is 40.8 Å². The summed E-state index contributed by atoms with van der Waals surface area (Å²) < 4.78 is 21.0. The van der Waals surface area contributed by atoms with Gasteiger partial charge in [0.2, 0.25) is 0 Å². The highest BCUT2D eigenvalue weighted by Crippen LogP contribution is 2.23. The first-order valence-corrected chi connectivity index (χ1v) is 8.16. The Balaban J connectivity index is 1.39. The van der Waals surface area contributed by atoms with Crippen LogP contribution in [0.25, 0.3) is 11.3 Å². The van der Waals surface area contributed by atoms with Gasteiger partial charge < -0.3 is 14.3 Å². The minimum atomic E-state index is -0.242. The Hall–Kier alpha value is -2.47. The van der Waals surface area contributed by atoms with Crippen molar-refractivity contribution >= 4 is 0 Å². The van der Waals surface area contributed by atoms with Gasteiger partial charge in [0.25, 0.3) is 0 Å². The summed E-state index contributed by atoms with van der Waals surface area (Å²) in [7, 11) is 0. The van der Waals surface area contributed by atoms with E-state index in [9.17, 15) is 4.39 Å². The van der Waals surface area contributed by atoms with E-state index in [4.69, 9.17) is 4.42 Å². The summed E-state index contributed by atoms with van der Waals surface area (Å²) in [5, 5.41) is 11.9. The first-order chi connectivity index (χ1) is 11.7. The van der Waals surface area contributed by atoms with Crippen molar-refractivity contribution in [1.29, 1.82) is 0 Å². The lowest BCUT2D eigenvalue weighted by Crippen LogP contribution is -2.37. The Labute approximate surface area is 139 Å². The van der Waals surface area contributed by atoms with Crippen molar-refractivity contribution in [1.82, 2.24) is 20.1 Å². The highest BCUT2D eigenvalue weighted by Gasteiger charge is 2.21. The van der Waals surface area contributed by atoms with E-state index in [1.54, 1.807) is 12.1 Å². The molecule has 1 aliphatic heterocycles. The second-order valence-electron chi connectivity index (χ2n) is 6.16. The van der Waals surface area contributed by atoms with E-state index in [2.05, 4.69) is 20.1 Å². The Kier molecular flexibility index (Phi) is 3.90. The summed E-state index contributed by atoms with van der Waals surface area (Å²) in [6.45, 7) is 3.54. The zero-order valence-corrected chi connectivity index (χ0v) is 13.5. The van der Waals surface area contributed by atoms with Crippen molar-refractivity contribution in [3.8, 4) is 11.3 Å². The van der Waals surface area contributed by atoms with Crippen LogP contribution in [0.1, 0.15) is 23.8 Å². The highest BCUT2D eigenvalue weighted by molar-refractivity contribution is 5.57. The maximum absolute atomic E-state index is 13.0. The maximum Gasteiger partial charge on any atom is 0.134 e. The summed E-state index contributed by atoms with van der Waals surface area (Å²) in [4.78, 5) is 0. The topological polar surface area (TPSA) is 55.9 Å². The molecule has 1 aromatic carbocycles. The van der Waals surface area contributed by atoms with E-state index in [1.807, 2.05) is 19.1 Å². The van der Waals surface area contributed by atoms with Gasteiger partial charge in [0, 0.05) is 24.6 Å².